The Labute approximate surface area is 176 Å². The van der Waals surface area contributed by atoms with Crippen LogP contribution in [0.5, 0.6) is 5.75 Å². The van der Waals surface area contributed by atoms with Crippen molar-refractivity contribution in [3.05, 3.63) is 87.7 Å². The highest BCUT2D eigenvalue weighted by Crippen LogP contribution is 2.42. The summed E-state index contributed by atoms with van der Waals surface area (Å²) < 4.78 is 26.7. The quantitative estimate of drug-likeness (QED) is 0.605. The Morgan fingerprint density at radius 1 is 1.10 bits per heavy atom. The Morgan fingerprint density at radius 3 is 2.39 bits per heavy atom. The van der Waals surface area contributed by atoms with Gasteiger partial charge in [0.25, 0.3) is 11.8 Å². The number of halogens is 1. The molecule has 2 aromatic carbocycles. The zero-order valence-corrected chi connectivity index (χ0v) is 16.5. The molecule has 2 heterocycles. The number of nitrogens with one attached hydrogen (secondary N) is 1. The van der Waals surface area contributed by atoms with Crippen LogP contribution in [0.25, 0.3) is 11.1 Å². The van der Waals surface area contributed by atoms with Crippen LogP contribution in [0.15, 0.2) is 76.4 Å². The molecule has 4 rings (SSSR count). The summed E-state index contributed by atoms with van der Waals surface area (Å²) >= 11 is 0. The maximum atomic E-state index is 15.2. The summed E-state index contributed by atoms with van der Waals surface area (Å²) in [6.45, 7) is 1.02. The highest BCUT2D eigenvalue weighted by atomic mass is 19.1. The number of benzene rings is 2. The van der Waals surface area contributed by atoms with Crippen molar-refractivity contribution >= 4 is 0 Å². The average molecular weight is 427 g/mol. The van der Waals surface area contributed by atoms with Crippen LogP contribution in [0.3, 0.4) is 0 Å². The Kier molecular flexibility index (Phi) is 5.48. The lowest BCUT2D eigenvalue weighted by molar-refractivity contribution is -0.182. The van der Waals surface area contributed by atoms with Gasteiger partial charge in [0.1, 0.15) is 11.9 Å². The second-order valence-electron chi connectivity index (χ2n) is 7.44. The van der Waals surface area contributed by atoms with Gasteiger partial charge in [0, 0.05) is 12.3 Å². The van der Waals surface area contributed by atoms with E-state index in [-0.39, 0.29) is 5.75 Å². The lowest BCUT2D eigenvalue weighted by Crippen LogP contribution is -2.45. The molecular weight excluding hydrogens is 407 g/mol. The SMILES string of the molecule is C[C@@]1(F)[C@H](O)[C@H]([C@@H]([O])Oc2ccc(-c3ccccc3)cc2)O[C@H]1n1ccc(=O)[nH]c1=O. The first-order valence-electron chi connectivity index (χ1n) is 9.59. The molecule has 1 saturated heterocycles. The summed E-state index contributed by atoms with van der Waals surface area (Å²) in [5, 5.41) is 23.0. The van der Waals surface area contributed by atoms with Crippen molar-refractivity contribution in [3.63, 3.8) is 0 Å². The van der Waals surface area contributed by atoms with Crippen molar-refractivity contribution in [1.82, 2.24) is 9.55 Å². The zero-order chi connectivity index (χ0) is 22.2. The molecule has 2 N–H and O–H groups in total. The predicted molar refractivity (Wildman–Crippen MR) is 108 cm³/mol. The maximum absolute atomic E-state index is 15.2. The molecule has 1 aromatic heterocycles. The number of rotatable bonds is 5. The molecule has 1 aliphatic heterocycles. The van der Waals surface area contributed by atoms with Crippen molar-refractivity contribution in [3.8, 4) is 16.9 Å². The van der Waals surface area contributed by atoms with Crippen molar-refractivity contribution in [2.75, 3.05) is 0 Å². The number of hydrogen-bond donors (Lipinski definition) is 2. The van der Waals surface area contributed by atoms with Crippen LogP contribution in [-0.4, -0.2) is 38.8 Å². The van der Waals surface area contributed by atoms with Gasteiger partial charge in [-0.25, -0.2) is 9.18 Å². The van der Waals surface area contributed by atoms with Crippen LogP contribution in [0.2, 0.25) is 0 Å². The lowest BCUT2D eigenvalue weighted by Gasteiger charge is -2.24. The number of aromatic amines is 1. The van der Waals surface area contributed by atoms with E-state index in [4.69, 9.17) is 9.47 Å². The van der Waals surface area contributed by atoms with Crippen LogP contribution in [0.4, 0.5) is 4.39 Å². The summed E-state index contributed by atoms with van der Waals surface area (Å²) in [6.07, 6.45) is -5.98. The Balaban J connectivity index is 1.51. The van der Waals surface area contributed by atoms with Crippen LogP contribution in [0.1, 0.15) is 13.2 Å². The normalized spacial score (nSPS) is 26.5. The molecule has 0 bridgehead atoms. The molecule has 1 aliphatic rings. The predicted octanol–water partition coefficient (Wildman–Crippen LogP) is 2.03. The first-order chi connectivity index (χ1) is 14.8. The highest BCUT2D eigenvalue weighted by Gasteiger charge is 2.58. The lowest BCUT2D eigenvalue weighted by atomic mass is 9.98. The van der Waals surface area contributed by atoms with E-state index in [0.717, 1.165) is 34.9 Å². The fourth-order valence-electron chi connectivity index (χ4n) is 3.54. The van der Waals surface area contributed by atoms with Gasteiger partial charge in [-0.05, 0) is 30.2 Å². The van der Waals surface area contributed by atoms with E-state index in [1.165, 1.54) is 0 Å². The first-order valence-corrected chi connectivity index (χ1v) is 9.59. The molecule has 0 amide bonds. The largest absolute Gasteiger partial charge is 0.459 e. The van der Waals surface area contributed by atoms with Gasteiger partial charge in [-0.3, -0.25) is 14.3 Å². The van der Waals surface area contributed by atoms with Gasteiger partial charge in [-0.1, -0.05) is 42.5 Å². The number of H-pyrrole nitrogens is 1. The van der Waals surface area contributed by atoms with Crippen molar-refractivity contribution < 1.29 is 24.1 Å². The summed E-state index contributed by atoms with van der Waals surface area (Å²) in [7, 11) is 0. The zero-order valence-electron chi connectivity index (χ0n) is 16.5. The van der Waals surface area contributed by atoms with Crippen LogP contribution < -0.4 is 16.0 Å². The van der Waals surface area contributed by atoms with Gasteiger partial charge in [0.05, 0.1) is 0 Å². The van der Waals surface area contributed by atoms with E-state index in [0.29, 0.717) is 0 Å². The van der Waals surface area contributed by atoms with Gasteiger partial charge in [-0.2, -0.15) is 5.11 Å². The molecule has 31 heavy (non-hydrogen) atoms. The van der Waals surface area contributed by atoms with Gasteiger partial charge in [0.2, 0.25) is 0 Å². The number of ether oxygens (including phenoxy) is 2. The summed E-state index contributed by atoms with van der Waals surface area (Å²) in [5.41, 5.74) is -2.16. The number of nitrogens with zero attached hydrogens (tertiary/aromatic N) is 1. The smallest absolute Gasteiger partial charge is 0.330 e. The average Bonchev–Trinajstić information content (AvgIpc) is 2.99. The second-order valence-corrected chi connectivity index (χ2v) is 7.44. The standard InChI is InChI=1S/C22H20FN2O6/c1-22(23)18(27)17(31-20(22)25-12-11-16(26)24-21(25)29)19(28)30-15-9-7-14(8-10-15)13-5-3-2-4-6-13/h2-12,17-20,27H,1H3,(H,24,26,29)/t17-,18-,19+,20-,22-/m1/s1. The Hall–Kier alpha value is -3.27. The Bertz CT molecular complexity index is 1160. The van der Waals surface area contributed by atoms with Crippen molar-refractivity contribution in [1.29, 1.82) is 0 Å². The molecule has 161 valence electrons. The molecule has 8 nitrogen and oxygen atoms in total. The monoisotopic (exact) mass is 427 g/mol. The molecule has 0 spiro atoms. The number of alkyl halides is 1. The summed E-state index contributed by atoms with van der Waals surface area (Å²) in [6, 6.07) is 17.3. The van der Waals surface area contributed by atoms with E-state index in [1.54, 1.807) is 24.3 Å². The van der Waals surface area contributed by atoms with Crippen LogP contribution >= 0.6 is 0 Å². The minimum Gasteiger partial charge on any atom is -0.459 e. The summed E-state index contributed by atoms with van der Waals surface area (Å²) in [5.74, 6) is 0.223. The molecule has 1 fully saturated rings. The molecule has 0 aliphatic carbocycles. The third kappa shape index (κ3) is 4.02. The fraction of sp³-hybridized carbons (Fsp3) is 0.273. The van der Waals surface area contributed by atoms with E-state index >= 15 is 4.39 Å². The van der Waals surface area contributed by atoms with Gasteiger partial charge in [0.15, 0.2) is 18.0 Å². The topological polar surface area (TPSA) is 113 Å². The van der Waals surface area contributed by atoms with Crippen LogP contribution in [-0.2, 0) is 9.84 Å². The van der Waals surface area contributed by atoms with Crippen molar-refractivity contribution in [2.45, 2.75) is 37.3 Å². The van der Waals surface area contributed by atoms with E-state index < -0.39 is 41.6 Å². The maximum Gasteiger partial charge on any atom is 0.330 e. The number of aromatic nitrogens is 2. The molecule has 3 aromatic rings. The molecule has 1 radical (unpaired) electrons. The number of hydrogen-bond acceptors (Lipinski definition) is 5. The van der Waals surface area contributed by atoms with Gasteiger partial charge < -0.3 is 14.6 Å². The van der Waals surface area contributed by atoms with Gasteiger partial charge >= 0.3 is 5.69 Å². The molecular formula is C22H20FN2O6. The third-order valence-electron chi connectivity index (χ3n) is 5.24. The first kappa shape index (κ1) is 21.0. The van der Waals surface area contributed by atoms with Crippen molar-refractivity contribution in [2.24, 2.45) is 0 Å². The second kappa shape index (κ2) is 8.10. The third-order valence-corrected chi connectivity index (χ3v) is 5.24. The Morgan fingerprint density at radius 2 is 1.74 bits per heavy atom. The molecule has 9 heteroatoms. The number of aliphatic hydroxyl groups is 1. The number of aliphatic hydroxyl groups excluding tert-OH is 1. The molecule has 0 saturated carbocycles. The fourth-order valence-corrected chi connectivity index (χ4v) is 3.54. The van der Waals surface area contributed by atoms with E-state index in [1.807, 2.05) is 35.3 Å². The summed E-state index contributed by atoms with van der Waals surface area (Å²) in [4.78, 5) is 25.2. The van der Waals surface area contributed by atoms with E-state index in [2.05, 4.69) is 0 Å². The molecule has 5 atom stereocenters. The van der Waals surface area contributed by atoms with Crippen LogP contribution in [0, 0.1) is 0 Å². The minimum absolute atomic E-state index is 0.223. The van der Waals surface area contributed by atoms with Gasteiger partial charge in [-0.15, -0.1) is 0 Å². The molecule has 0 unspecified atom stereocenters. The highest BCUT2D eigenvalue weighted by molar-refractivity contribution is 5.63. The van der Waals surface area contributed by atoms with E-state index in [9.17, 15) is 19.8 Å². The minimum atomic E-state index is -2.48.